The van der Waals surface area contributed by atoms with Gasteiger partial charge in [0.1, 0.15) is 11.2 Å². The number of nitrogens with two attached hydrogens (primary N) is 1. The quantitative estimate of drug-likeness (QED) is 0.124. The molecule has 0 aliphatic heterocycles. The van der Waals surface area contributed by atoms with Gasteiger partial charge in [0.15, 0.2) is 5.15 Å². The van der Waals surface area contributed by atoms with Crippen LogP contribution in [0.15, 0.2) is 46.6 Å². The van der Waals surface area contributed by atoms with E-state index in [1.54, 1.807) is 24.3 Å². The fourth-order valence-corrected chi connectivity index (χ4v) is 2.68. The zero-order chi connectivity index (χ0) is 20.5. The minimum Gasteiger partial charge on any atom is -0.374 e. The first-order chi connectivity index (χ1) is 13.5. The van der Waals surface area contributed by atoms with E-state index in [0.717, 1.165) is 10.6 Å². The van der Waals surface area contributed by atoms with Gasteiger partial charge in [0.2, 0.25) is 0 Å². The van der Waals surface area contributed by atoms with Gasteiger partial charge in [0, 0.05) is 15.5 Å². The van der Waals surface area contributed by atoms with Gasteiger partial charge in [-0.3, -0.25) is 4.79 Å². The molecule has 1 amide bonds. The second-order valence-corrected chi connectivity index (χ2v) is 6.10. The first-order valence-corrected chi connectivity index (χ1v) is 8.49. The van der Waals surface area contributed by atoms with E-state index in [0.29, 0.717) is 5.69 Å². The van der Waals surface area contributed by atoms with E-state index in [-0.39, 0.29) is 29.1 Å². The Morgan fingerprint density at radius 3 is 2.68 bits per heavy atom. The van der Waals surface area contributed by atoms with Gasteiger partial charge >= 0.3 is 0 Å². The highest BCUT2D eigenvalue weighted by Crippen LogP contribution is 2.25. The number of hydrogen-bond acceptors (Lipinski definition) is 6. The molecule has 0 spiro atoms. The van der Waals surface area contributed by atoms with Gasteiger partial charge in [0.05, 0.1) is 18.8 Å². The van der Waals surface area contributed by atoms with Crippen LogP contribution in [0.25, 0.3) is 20.9 Å². The van der Waals surface area contributed by atoms with Crippen molar-refractivity contribution in [2.45, 2.75) is 12.6 Å². The lowest BCUT2D eigenvalue weighted by molar-refractivity contribution is -0.119. The van der Waals surface area contributed by atoms with Crippen molar-refractivity contribution >= 4 is 40.5 Å². The van der Waals surface area contributed by atoms with E-state index in [1.807, 2.05) is 0 Å². The molecule has 3 N–H and O–H groups in total. The highest BCUT2D eigenvalue weighted by molar-refractivity contribution is 6.34. The number of rotatable bonds is 8. The van der Waals surface area contributed by atoms with Crippen LogP contribution in [0.1, 0.15) is 5.56 Å². The minimum atomic E-state index is -0.984. The number of carbonyl (C=O) groups is 1. The largest absolute Gasteiger partial charge is 0.374 e. The van der Waals surface area contributed by atoms with Crippen LogP contribution in [0.4, 0.5) is 11.4 Å². The number of hydrogen-bond donors (Lipinski definition) is 2. The Morgan fingerprint density at radius 1 is 1.25 bits per heavy atom. The van der Waals surface area contributed by atoms with Crippen LogP contribution >= 0.6 is 23.2 Å². The SMILES string of the molecule is [N-]=[N+]=NCc1cccc(NC(CN=[N+]=[N-])C(=O)N(N)c2ccc(Cl)nc2Cl)c1. The van der Waals surface area contributed by atoms with E-state index < -0.39 is 11.9 Å². The molecule has 0 aliphatic carbocycles. The maximum atomic E-state index is 12.8. The number of hydrazine groups is 1. The summed E-state index contributed by atoms with van der Waals surface area (Å²) in [7, 11) is 0. The number of azide groups is 2. The molecule has 0 saturated heterocycles. The standard InChI is InChI=1S/C15H14Cl2N10O/c16-13-5-4-12(14(17)24-13)27(20)15(28)11(8-22-26-19)23-10-3-1-2-9(6-10)7-21-25-18/h1-6,11,23H,7-8,20H2. The van der Waals surface area contributed by atoms with Crippen LogP contribution in [0.5, 0.6) is 0 Å². The summed E-state index contributed by atoms with van der Waals surface area (Å²) in [6, 6.07) is 8.78. The summed E-state index contributed by atoms with van der Waals surface area (Å²) in [5, 5.41) is 10.8. The van der Waals surface area contributed by atoms with Crippen LogP contribution < -0.4 is 16.2 Å². The Kier molecular flexibility index (Phi) is 7.70. The van der Waals surface area contributed by atoms with Crippen molar-refractivity contribution in [3.8, 4) is 0 Å². The Labute approximate surface area is 169 Å². The van der Waals surface area contributed by atoms with Gasteiger partial charge in [-0.15, -0.1) is 0 Å². The summed E-state index contributed by atoms with van der Waals surface area (Å²) in [5.41, 5.74) is 18.5. The monoisotopic (exact) mass is 420 g/mol. The van der Waals surface area contributed by atoms with Crippen LogP contribution in [-0.2, 0) is 11.3 Å². The number of nitrogens with zero attached hydrogens (tertiary/aromatic N) is 8. The second kappa shape index (κ2) is 10.2. The summed E-state index contributed by atoms with van der Waals surface area (Å²) in [6.45, 7) is -0.0572. The third-order valence-electron chi connectivity index (χ3n) is 3.50. The normalized spacial score (nSPS) is 11.0. The first-order valence-electron chi connectivity index (χ1n) is 7.74. The van der Waals surface area contributed by atoms with Crippen LogP contribution in [0.3, 0.4) is 0 Å². The van der Waals surface area contributed by atoms with Crippen LogP contribution in [0, 0.1) is 0 Å². The van der Waals surface area contributed by atoms with E-state index in [9.17, 15) is 4.79 Å². The molecule has 0 aliphatic rings. The predicted octanol–water partition coefficient (Wildman–Crippen LogP) is 4.20. The van der Waals surface area contributed by atoms with Gasteiger partial charge in [0.25, 0.3) is 5.91 Å². The molecule has 1 atom stereocenters. The number of amides is 1. The summed E-state index contributed by atoms with van der Waals surface area (Å²) in [4.78, 5) is 22.0. The number of benzene rings is 1. The number of aromatic nitrogens is 1. The highest BCUT2D eigenvalue weighted by atomic mass is 35.5. The topological polar surface area (TPSA) is 169 Å². The lowest BCUT2D eigenvalue weighted by Gasteiger charge is -2.24. The molecule has 1 aromatic heterocycles. The van der Waals surface area contributed by atoms with E-state index in [2.05, 4.69) is 30.4 Å². The molecule has 1 unspecified atom stereocenters. The van der Waals surface area contributed by atoms with Gasteiger partial charge in [-0.2, -0.15) is 0 Å². The Balaban J connectivity index is 2.25. The number of pyridine rings is 1. The molecular formula is C15H14Cl2N10O. The zero-order valence-electron chi connectivity index (χ0n) is 14.3. The van der Waals surface area contributed by atoms with E-state index >= 15 is 0 Å². The van der Waals surface area contributed by atoms with Gasteiger partial charge in [-0.05, 0) is 40.9 Å². The van der Waals surface area contributed by atoms with Crippen molar-refractivity contribution in [3.63, 3.8) is 0 Å². The Morgan fingerprint density at radius 2 is 2.00 bits per heavy atom. The molecule has 0 saturated carbocycles. The Bertz CT molecular complexity index is 956. The third kappa shape index (κ3) is 5.65. The maximum absolute atomic E-state index is 12.8. The van der Waals surface area contributed by atoms with Crippen molar-refractivity contribution in [1.29, 1.82) is 0 Å². The van der Waals surface area contributed by atoms with Crippen LogP contribution in [-0.4, -0.2) is 23.5 Å². The summed E-state index contributed by atoms with van der Waals surface area (Å²) in [5.74, 6) is 5.29. The van der Waals surface area contributed by atoms with E-state index in [4.69, 9.17) is 40.1 Å². The predicted molar refractivity (Wildman–Crippen MR) is 107 cm³/mol. The zero-order valence-corrected chi connectivity index (χ0v) is 15.8. The fourth-order valence-electron chi connectivity index (χ4n) is 2.25. The molecule has 11 nitrogen and oxygen atoms in total. The molecule has 0 bridgehead atoms. The van der Waals surface area contributed by atoms with Gasteiger partial charge < -0.3 is 5.32 Å². The summed E-state index contributed by atoms with van der Waals surface area (Å²) in [6.07, 6.45) is 0. The summed E-state index contributed by atoms with van der Waals surface area (Å²) >= 11 is 11.7. The van der Waals surface area contributed by atoms with Crippen molar-refractivity contribution in [2.75, 3.05) is 16.9 Å². The molecule has 1 heterocycles. The molecule has 2 rings (SSSR count). The maximum Gasteiger partial charge on any atom is 0.263 e. The van der Waals surface area contributed by atoms with E-state index in [1.165, 1.54) is 12.1 Å². The van der Waals surface area contributed by atoms with Gasteiger partial charge in [-0.1, -0.05) is 45.6 Å². The molecule has 1 aromatic carbocycles. The summed E-state index contributed by atoms with van der Waals surface area (Å²) < 4.78 is 0. The van der Waals surface area contributed by atoms with Gasteiger partial charge in [-0.25, -0.2) is 15.8 Å². The molecule has 144 valence electrons. The average Bonchev–Trinajstić information content (AvgIpc) is 2.69. The average molecular weight is 421 g/mol. The Hall–Kier alpha value is -3.20. The van der Waals surface area contributed by atoms with Crippen molar-refractivity contribution < 1.29 is 4.79 Å². The van der Waals surface area contributed by atoms with Crippen LogP contribution in [0.2, 0.25) is 10.3 Å². The van der Waals surface area contributed by atoms with Crippen molar-refractivity contribution in [3.05, 3.63) is 73.2 Å². The third-order valence-corrected chi connectivity index (χ3v) is 3.99. The molecule has 13 heteroatoms. The van der Waals surface area contributed by atoms with Crippen molar-refractivity contribution in [1.82, 2.24) is 4.98 Å². The molecule has 2 aromatic rings. The number of nitrogens with one attached hydrogen (secondary N) is 1. The highest BCUT2D eigenvalue weighted by Gasteiger charge is 2.25. The molecule has 28 heavy (non-hydrogen) atoms. The molecule has 0 fully saturated rings. The lowest BCUT2D eigenvalue weighted by Crippen LogP contribution is -2.48. The lowest BCUT2D eigenvalue weighted by atomic mass is 10.1. The molecular weight excluding hydrogens is 407 g/mol. The minimum absolute atomic E-state index is 0.0535. The smallest absolute Gasteiger partial charge is 0.263 e. The second-order valence-electron chi connectivity index (χ2n) is 5.35. The van der Waals surface area contributed by atoms with Crippen molar-refractivity contribution in [2.24, 2.45) is 16.1 Å². The molecule has 0 radical (unpaired) electrons. The number of anilines is 2. The number of carbonyl (C=O) groups excluding carboxylic acids is 1. The fraction of sp³-hybridized carbons (Fsp3) is 0.200. The first kappa shape index (κ1) is 21.1. The number of halogens is 2.